The highest BCUT2D eigenvalue weighted by atomic mass is 32.2. The number of fused-ring (bicyclic) bond motifs is 1. The number of hydrazine groups is 1. The van der Waals surface area contributed by atoms with Crippen molar-refractivity contribution in [2.75, 3.05) is 30.0 Å². The summed E-state index contributed by atoms with van der Waals surface area (Å²) in [7, 11) is -7.83. The quantitative estimate of drug-likeness (QED) is 0.452. The molecule has 0 bridgehead atoms. The molecule has 172 valence electrons. The van der Waals surface area contributed by atoms with E-state index >= 15 is 0 Å². The van der Waals surface area contributed by atoms with Gasteiger partial charge in [0.2, 0.25) is 0 Å². The Morgan fingerprint density at radius 3 is 2.41 bits per heavy atom. The van der Waals surface area contributed by atoms with Crippen LogP contribution < -0.4 is 11.2 Å². The van der Waals surface area contributed by atoms with Crippen LogP contribution in [0.5, 0.6) is 0 Å². The van der Waals surface area contributed by atoms with E-state index in [1.165, 1.54) is 12.4 Å². The topological polar surface area (TPSA) is 148 Å². The van der Waals surface area contributed by atoms with Crippen molar-refractivity contribution in [2.45, 2.75) is 24.7 Å². The second-order valence-corrected chi connectivity index (χ2v) is 11.4. The molecular formula is C20H25N5O5S2. The molecule has 1 aromatic carbocycles. The van der Waals surface area contributed by atoms with E-state index in [0.29, 0.717) is 42.7 Å². The lowest BCUT2D eigenvalue weighted by atomic mass is 10.0. The largest absolute Gasteiger partial charge is 0.396 e. The Kier molecular flexibility index (Phi) is 5.88. The maximum absolute atomic E-state index is 13.1. The van der Waals surface area contributed by atoms with Gasteiger partial charge in [-0.25, -0.2) is 22.4 Å². The van der Waals surface area contributed by atoms with Gasteiger partial charge in [-0.3, -0.25) is 4.55 Å². The van der Waals surface area contributed by atoms with Crippen LogP contribution in [0, 0.1) is 12.8 Å². The fourth-order valence-corrected chi connectivity index (χ4v) is 6.12. The second-order valence-electron chi connectivity index (χ2n) is 8.05. The number of pyridine rings is 1. The molecule has 4 rings (SSSR count). The third-order valence-electron chi connectivity index (χ3n) is 5.62. The van der Waals surface area contributed by atoms with Crippen LogP contribution in [-0.4, -0.2) is 54.2 Å². The zero-order valence-corrected chi connectivity index (χ0v) is 19.1. The lowest BCUT2D eigenvalue weighted by Crippen LogP contribution is -2.39. The van der Waals surface area contributed by atoms with Crippen LogP contribution in [-0.2, 0) is 20.1 Å². The van der Waals surface area contributed by atoms with Crippen molar-refractivity contribution in [3.8, 4) is 0 Å². The van der Waals surface area contributed by atoms with Gasteiger partial charge in [0, 0.05) is 24.7 Å². The minimum absolute atomic E-state index is 0.112. The molecule has 1 aliphatic rings. The number of hydrogen-bond donors (Lipinski definition) is 3. The molecule has 32 heavy (non-hydrogen) atoms. The van der Waals surface area contributed by atoms with E-state index in [9.17, 15) is 16.8 Å². The van der Waals surface area contributed by atoms with E-state index < -0.39 is 20.1 Å². The molecule has 0 unspecified atom stereocenters. The molecule has 12 heteroatoms. The summed E-state index contributed by atoms with van der Waals surface area (Å²) in [4.78, 5) is 4.42. The number of rotatable bonds is 6. The Labute approximate surface area is 186 Å². The van der Waals surface area contributed by atoms with E-state index in [2.05, 4.69) is 10.4 Å². The first-order valence-corrected chi connectivity index (χ1v) is 13.1. The molecule has 3 aromatic rings. The van der Waals surface area contributed by atoms with Crippen molar-refractivity contribution < 1.29 is 21.4 Å². The van der Waals surface area contributed by atoms with E-state index in [4.69, 9.17) is 10.3 Å². The molecule has 0 saturated carbocycles. The molecule has 0 amide bonds. The monoisotopic (exact) mass is 479 g/mol. The average Bonchev–Trinajstić information content (AvgIpc) is 3.16. The van der Waals surface area contributed by atoms with Gasteiger partial charge in [-0.05, 0) is 43.9 Å². The highest BCUT2D eigenvalue weighted by Gasteiger charge is 2.25. The average molecular weight is 480 g/mol. The maximum Gasteiger partial charge on any atom is 0.269 e. The number of nitrogen functional groups attached to an aromatic ring is 1. The zero-order chi connectivity index (χ0) is 23.1. The highest BCUT2D eigenvalue weighted by molar-refractivity contribution is 7.90. The molecule has 3 heterocycles. The third-order valence-corrected chi connectivity index (χ3v) is 8.19. The number of aromatic nitrogens is 2. The number of aryl methyl sites for hydroxylation is 1. The first-order valence-electron chi connectivity index (χ1n) is 10.1. The SMILES string of the molecule is Cc1ccc(S(=O)(=O)n2ccc3c(NN4CCC(CS(=O)(=O)O)CC4)c(N)cnc32)cc1. The second kappa shape index (κ2) is 8.35. The van der Waals surface area contributed by atoms with E-state index in [0.717, 1.165) is 9.54 Å². The van der Waals surface area contributed by atoms with Gasteiger partial charge in [0.25, 0.3) is 20.1 Å². The fraction of sp³-hybridized carbons (Fsp3) is 0.350. The first kappa shape index (κ1) is 22.5. The number of anilines is 2. The number of benzene rings is 1. The van der Waals surface area contributed by atoms with Gasteiger partial charge < -0.3 is 11.2 Å². The van der Waals surface area contributed by atoms with Gasteiger partial charge >= 0.3 is 0 Å². The van der Waals surface area contributed by atoms with Crippen LogP contribution in [0.4, 0.5) is 11.4 Å². The van der Waals surface area contributed by atoms with Gasteiger partial charge in [0.05, 0.1) is 28.2 Å². The van der Waals surface area contributed by atoms with Crippen molar-refractivity contribution in [2.24, 2.45) is 5.92 Å². The summed E-state index contributed by atoms with van der Waals surface area (Å²) < 4.78 is 58.7. The molecule has 0 atom stereocenters. The van der Waals surface area contributed by atoms with Crippen LogP contribution in [0.2, 0.25) is 0 Å². The van der Waals surface area contributed by atoms with Gasteiger partial charge in [0.1, 0.15) is 0 Å². The maximum atomic E-state index is 13.1. The minimum Gasteiger partial charge on any atom is -0.396 e. The van der Waals surface area contributed by atoms with Crippen LogP contribution in [0.25, 0.3) is 11.0 Å². The Morgan fingerprint density at radius 2 is 1.78 bits per heavy atom. The number of hydrogen-bond acceptors (Lipinski definition) is 8. The van der Waals surface area contributed by atoms with E-state index in [1.807, 2.05) is 11.9 Å². The van der Waals surface area contributed by atoms with Crippen molar-refractivity contribution >= 4 is 42.5 Å². The molecule has 4 N–H and O–H groups in total. The van der Waals surface area contributed by atoms with Crippen LogP contribution in [0.3, 0.4) is 0 Å². The first-order chi connectivity index (χ1) is 15.0. The zero-order valence-electron chi connectivity index (χ0n) is 17.5. The molecule has 1 aliphatic heterocycles. The van der Waals surface area contributed by atoms with Gasteiger partial charge in [0.15, 0.2) is 5.65 Å². The van der Waals surface area contributed by atoms with Gasteiger partial charge in [-0.15, -0.1) is 0 Å². The van der Waals surface area contributed by atoms with E-state index in [1.54, 1.807) is 30.3 Å². The Hall–Kier alpha value is -2.67. The Bertz CT molecular complexity index is 1340. The van der Waals surface area contributed by atoms with Crippen LogP contribution >= 0.6 is 0 Å². The molecular weight excluding hydrogens is 454 g/mol. The summed E-state index contributed by atoms with van der Waals surface area (Å²) in [5, 5.41) is 2.46. The molecule has 0 aliphatic carbocycles. The molecule has 1 saturated heterocycles. The molecule has 1 fully saturated rings. The highest BCUT2D eigenvalue weighted by Crippen LogP contribution is 2.32. The van der Waals surface area contributed by atoms with Crippen molar-refractivity contribution in [3.63, 3.8) is 0 Å². The number of piperidine rings is 1. The molecule has 0 radical (unpaired) electrons. The summed E-state index contributed by atoms with van der Waals surface area (Å²) in [6.07, 6.45) is 4.04. The lowest BCUT2D eigenvalue weighted by Gasteiger charge is -2.32. The third kappa shape index (κ3) is 4.58. The van der Waals surface area contributed by atoms with Gasteiger partial charge in [-0.2, -0.15) is 8.42 Å². The Morgan fingerprint density at radius 1 is 1.12 bits per heavy atom. The number of nitrogens with zero attached hydrogens (tertiary/aromatic N) is 3. The van der Waals surface area contributed by atoms with Gasteiger partial charge in [-0.1, -0.05) is 17.7 Å². The molecule has 0 spiro atoms. The van der Waals surface area contributed by atoms with Crippen LogP contribution in [0.15, 0.2) is 47.6 Å². The van der Waals surface area contributed by atoms with Crippen molar-refractivity contribution in [1.82, 2.24) is 14.0 Å². The fourth-order valence-electron chi connectivity index (χ4n) is 3.89. The summed E-state index contributed by atoms with van der Waals surface area (Å²) >= 11 is 0. The molecule has 10 nitrogen and oxygen atoms in total. The Balaban J connectivity index is 1.60. The number of nitrogens with two attached hydrogens (primary N) is 1. The van der Waals surface area contributed by atoms with Crippen molar-refractivity contribution in [3.05, 3.63) is 48.3 Å². The van der Waals surface area contributed by atoms with Crippen molar-refractivity contribution in [1.29, 1.82) is 0 Å². The summed E-state index contributed by atoms with van der Waals surface area (Å²) in [5.74, 6) is -0.360. The lowest BCUT2D eigenvalue weighted by molar-refractivity contribution is 0.227. The van der Waals surface area contributed by atoms with Crippen LogP contribution in [0.1, 0.15) is 18.4 Å². The predicted molar refractivity (Wildman–Crippen MR) is 122 cm³/mol. The summed E-state index contributed by atoms with van der Waals surface area (Å²) in [6, 6.07) is 8.25. The summed E-state index contributed by atoms with van der Waals surface area (Å²) in [6.45, 7) is 2.98. The minimum atomic E-state index is -4.00. The molecule has 2 aromatic heterocycles. The normalized spacial score (nSPS) is 16.4. The summed E-state index contributed by atoms with van der Waals surface area (Å²) in [5.41, 5.74) is 11.5. The van der Waals surface area contributed by atoms with E-state index in [-0.39, 0.29) is 22.2 Å². The standard InChI is InChI=1S/C20H25N5O5S2/c1-14-2-4-16(5-3-14)32(29,30)25-11-8-17-19(18(21)12-22-20(17)25)23-24-9-6-15(7-10-24)13-31(26,27)28/h2-5,8,11-12,15H,6-7,9-10,13,21H2,1H3,(H,22,23)(H,26,27,28). The predicted octanol–water partition coefficient (Wildman–Crippen LogP) is 2.09. The number of nitrogens with one attached hydrogen (secondary N) is 1. The smallest absolute Gasteiger partial charge is 0.269 e.